The molecule has 1 atom stereocenters. The zero-order chi connectivity index (χ0) is 15.2. The second-order valence-electron chi connectivity index (χ2n) is 5.25. The van der Waals surface area contributed by atoms with Gasteiger partial charge in [-0.3, -0.25) is 9.78 Å². The standard InChI is InChI=1S/C15H20N4OS/c1-10(2)14(11-4-3-7-17-8-11)19-13(20)6-5-12-9-21-15(16)18-12/h3-4,7-10,14H,5-6H2,1-2H3,(H2,16,18)(H,19,20)/t14-/m1/s1. The molecule has 0 radical (unpaired) electrons. The van der Waals surface area contributed by atoms with Gasteiger partial charge in [0.2, 0.25) is 5.91 Å². The number of nitrogens with two attached hydrogens (primary N) is 1. The highest BCUT2D eigenvalue weighted by molar-refractivity contribution is 7.13. The molecule has 5 nitrogen and oxygen atoms in total. The summed E-state index contributed by atoms with van der Waals surface area (Å²) >= 11 is 1.40. The summed E-state index contributed by atoms with van der Waals surface area (Å²) in [5, 5.41) is 5.51. The lowest BCUT2D eigenvalue weighted by Gasteiger charge is -2.22. The van der Waals surface area contributed by atoms with Gasteiger partial charge in [0.15, 0.2) is 5.13 Å². The molecule has 2 rings (SSSR count). The largest absolute Gasteiger partial charge is 0.375 e. The van der Waals surface area contributed by atoms with Crippen LogP contribution in [0.25, 0.3) is 0 Å². The summed E-state index contributed by atoms with van der Waals surface area (Å²) in [6, 6.07) is 3.85. The minimum atomic E-state index is -0.0216. The van der Waals surface area contributed by atoms with Crippen molar-refractivity contribution in [2.75, 3.05) is 5.73 Å². The van der Waals surface area contributed by atoms with E-state index in [1.165, 1.54) is 11.3 Å². The molecule has 112 valence electrons. The number of aromatic nitrogens is 2. The Labute approximate surface area is 128 Å². The third-order valence-electron chi connectivity index (χ3n) is 3.20. The van der Waals surface area contributed by atoms with Crippen LogP contribution in [0.4, 0.5) is 5.13 Å². The predicted molar refractivity (Wildman–Crippen MR) is 84.8 cm³/mol. The lowest BCUT2D eigenvalue weighted by molar-refractivity contribution is -0.122. The van der Waals surface area contributed by atoms with Crippen LogP contribution in [0.2, 0.25) is 0 Å². The van der Waals surface area contributed by atoms with Gasteiger partial charge >= 0.3 is 0 Å². The number of carbonyl (C=O) groups is 1. The van der Waals surface area contributed by atoms with Gasteiger partial charge in [-0.15, -0.1) is 11.3 Å². The van der Waals surface area contributed by atoms with E-state index in [2.05, 4.69) is 29.1 Å². The number of carbonyl (C=O) groups excluding carboxylic acids is 1. The van der Waals surface area contributed by atoms with Crippen molar-refractivity contribution in [1.29, 1.82) is 0 Å². The Bertz CT molecular complexity index is 582. The number of pyridine rings is 1. The number of nitrogens with zero attached hydrogens (tertiary/aromatic N) is 2. The summed E-state index contributed by atoms with van der Waals surface area (Å²) in [6.45, 7) is 4.16. The van der Waals surface area contributed by atoms with Crippen molar-refractivity contribution >= 4 is 22.4 Å². The zero-order valence-corrected chi connectivity index (χ0v) is 13.1. The molecule has 0 aliphatic carbocycles. The Morgan fingerprint density at radius 2 is 2.29 bits per heavy atom. The number of anilines is 1. The molecule has 0 spiro atoms. The maximum absolute atomic E-state index is 12.1. The van der Waals surface area contributed by atoms with E-state index < -0.39 is 0 Å². The Morgan fingerprint density at radius 3 is 2.86 bits per heavy atom. The van der Waals surface area contributed by atoms with Crippen LogP contribution < -0.4 is 11.1 Å². The van der Waals surface area contributed by atoms with E-state index in [1.807, 2.05) is 17.5 Å². The average Bonchev–Trinajstić information content (AvgIpc) is 2.89. The number of rotatable bonds is 6. The zero-order valence-electron chi connectivity index (χ0n) is 12.2. The van der Waals surface area contributed by atoms with Crippen LogP contribution in [0.15, 0.2) is 29.9 Å². The molecule has 0 saturated heterocycles. The fourth-order valence-electron chi connectivity index (χ4n) is 2.12. The first-order valence-electron chi connectivity index (χ1n) is 6.95. The lowest BCUT2D eigenvalue weighted by Crippen LogP contribution is -2.32. The van der Waals surface area contributed by atoms with Crippen LogP contribution in [-0.4, -0.2) is 15.9 Å². The van der Waals surface area contributed by atoms with Crippen molar-refractivity contribution in [3.8, 4) is 0 Å². The summed E-state index contributed by atoms with van der Waals surface area (Å²) in [6.07, 6.45) is 4.55. The third-order valence-corrected chi connectivity index (χ3v) is 3.93. The average molecular weight is 304 g/mol. The minimum Gasteiger partial charge on any atom is -0.375 e. The van der Waals surface area contributed by atoms with E-state index in [4.69, 9.17) is 5.73 Å². The Morgan fingerprint density at radius 1 is 1.48 bits per heavy atom. The molecule has 0 fully saturated rings. The quantitative estimate of drug-likeness (QED) is 0.859. The van der Waals surface area contributed by atoms with Crippen molar-refractivity contribution in [3.05, 3.63) is 41.2 Å². The SMILES string of the molecule is CC(C)[C@@H](NC(=O)CCc1csc(N)n1)c1cccnc1. The Kier molecular flexibility index (Phi) is 5.27. The molecule has 0 aliphatic rings. The third kappa shape index (κ3) is 4.53. The second-order valence-corrected chi connectivity index (χ2v) is 6.14. The number of aryl methyl sites for hydroxylation is 1. The van der Waals surface area contributed by atoms with E-state index in [0.717, 1.165) is 11.3 Å². The molecule has 2 heterocycles. The Hall–Kier alpha value is -1.95. The molecule has 0 aliphatic heterocycles. The number of thiazole rings is 1. The maximum atomic E-state index is 12.1. The van der Waals surface area contributed by atoms with Crippen LogP contribution in [0.5, 0.6) is 0 Å². The molecular formula is C15H20N4OS. The van der Waals surface area contributed by atoms with Gasteiger partial charge in [0.05, 0.1) is 11.7 Å². The van der Waals surface area contributed by atoms with Crippen LogP contribution >= 0.6 is 11.3 Å². The molecule has 6 heteroatoms. The van der Waals surface area contributed by atoms with Crippen LogP contribution in [0, 0.1) is 5.92 Å². The smallest absolute Gasteiger partial charge is 0.220 e. The normalized spacial score (nSPS) is 12.3. The Balaban J connectivity index is 1.93. The minimum absolute atomic E-state index is 0.0177. The first-order chi connectivity index (χ1) is 10.1. The van der Waals surface area contributed by atoms with Crippen molar-refractivity contribution in [2.24, 2.45) is 5.92 Å². The van der Waals surface area contributed by atoms with Gasteiger partial charge in [0.1, 0.15) is 0 Å². The highest BCUT2D eigenvalue weighted by atomic mass is 32.1. The van der Waals surface area contributed by atoms with Gasteiger partial charge in [-0.2, -0.15) is 0 Å². The lowest BCUT2D eigenvalue weighted by atomic mass is 9.97. The topological polar surface area (TPSA) is 80.9 Å². The molecule has 0 unspecified atom stereocenters. The van der Waals surface area contributed by atoms with Crippen LogP contribution in [-0.2, 0) is 11.2 Å². The number of nitrogen functional groups attached to an aromatic ring is 1. The molecule has 0 saturated carbocycles. The highest BCUT2D eigenvalue weighted by Gasteiger charge is 2.18. The number of nitrogens with one attached hydrogen (secondary N) is 1. The van der Waals surface area contributed by atoms with Crippen molar-refractivity contribution in [3.63, 3.8) is 0 Å². The molecule has 2 aromatic heterocycles. The number of hydrogen-bond donors (Lipinski definition) is 2. The van der Waals surface area contributed by atoms with Crippen LogP contribution in [0.3, 0.4) is 0 Å². The van der Waals surface area contributed by atoms with Crippen molar-refractivity contribution in [2.45, 2.75) is 32.7 Å². The molecule has 1 amide bonds. The second kappa shape index (κ2) is 7.17. The van der Waals surface area contributed by atoms with E-state index >= 15 is 0 Å². The number of hydrogen-bond acceptors (Lipinski definition) is 5. The number of amides is 1. The van der Waals surface area contributed by atoms with Crippen molar-refractivity contribution in [1.82, 2.24) is 15.3 Å². The van der Waals surface area contributed by atoms with Crippen molar-refractivity contribution < 1.29 is 4.79 Å². The van der Waals surface area contributed by atoms with Gasteiger partial charge in [0, 0.05) is 24.2 Å². The summed E-state index contributed by atoms with van der Waals surface area (Å²) in [5.41, 5.74) is 7.48. The van der Waals surface area contributed by atoms with E-state index in [-0.39, 0.29) is 11.9 Å². The van der Waals surface area contributed by atoms with Gasteiger partial charge in [-0.25, -0.2) is 4.98 Å². The van der Waals surface area contributed by atoms with Gasteiger partial charge in [-0.1, -0.05) is 19.9 Å². The highest BCUT2D eigenvalue weighted by Crippen LogP contribution is 2.21. The first kappa shape index (κ1) is 15.4. The molecule has 2 aromatic rings. The summed E-state index contributed by atoms with van der Waals surface area (Å²) in [4.78, 5) is 20.4. The summed E-state index contributed by atoms with van der Waals surface area (Å²) in [5.74, 6) is 0.317. The molecular weight excluding hydrogens is 284 g/mol. The predicted octanol–water partition coefficient (Wildman–Crippen LogP) is 2.57. The van der Waals surface area contributed by atoms with Crippen LogP contribution in [0.1, 0.15) is 37.6 Å². The monoisotopic (exact) mass is 304 g/mol. The van der Waals surface area contributed by atoms with E-state index in [9.17, 15) is 4.79 Å². The maximum Gasteiger partial charge on any atom is 0.220 e. The fraction of sp³-hybridized carbons (Fsp3) is 0.400. The van der Waals surface area contributed by atoms with E-state index in [1.54, 1.807) is 12.4 Å². The fourth-order valence-corrected chi connectivity index (χ4v) is 2.72. The first-order valence-corrected chi connectivity index (χ1v) is 7.83. The summed E-state index contributed by atoms with van der Waals surface area (Å²) < 4.78 is 0. The molecule has 21 heavy (non-hydrogen) atoms. The summed E-state index contributed by atoms with van der Waals surface area (Å²) in [7, 11) is 0. The van der Waals surface area contributed by atoms with E-state index in [0.29, 0.717) is 23.9 Å². The van der Waals surface area contributed by atoms with Gasteiger partial charge in [-0.05, 0) is 24.0 Å². The molecule has 3 N–H and O–H groups in total. The molecule has 0 aromatic carbocycles. The molecule has 0 bridgehead atoms. The van der Waals surface area contributed by atoms with Gasteiger partial charge < -0.3 is 11.1 Å². The van der Waals surface area contributed by atoms with Gasteiger partial charge in [0.25, 0.3) is 0 Å².